The van der Waals surface area contributed by atoms with Gasteiger partial charge in [-0.15, -0.1) is 0 Å². The standard InChI is InChI=1S/C60H37N3O2/c61-38-39-15-12-18-43(35-39)44-19-13-20-45(36-44)53-37-52(41-16-4-1-5-17-41)62-59(63-53)42-31-29-40(30-32-42)48-26-14-28-54-57(48)65-58-55(64-54)34-33-51-56(58)49-25-10-11-27-50(49)60(51,46-21-6-2-7-22-46)47-23-8-3-9-24-47/h1-37H. The smallest absolute Gasteiger partial charge is 0.178 e. The zero-order valence-electron chi connectivity index (χ0n) is 35.0. The van der Waals surface area contributed by atoms with Crippen molar-refractivity contribution in [3.8, 4) is 96.4 Å². The summed E-state index contributed by atoms with van der Waals surface area (Å²) in [6, 6.07) is 79.4. The Labute approximate surface area is 377 Å². The summed E-state index contributed by atoms with van der Waals surface area (Å²) >= 11 is 0. The van der Waals surface area contributed by atoms with Gasteiger partial charge in [0.25, 0.3) is 0 Å². The summed E-state index contributed by atoms with van der Waals surface area (Å²) in [5.41, 5.74) is 15.3. The maximum Gasteiger partial charge on any atom is 0.178 e. The molecule has 0 atom stereocenters. The van der Waals surface area contributed by atoms with Crippen LogP contribution < -0.4 is 9.47 Å². The highest BCUT2D eigenvalue weighted by atomic mass is 16.6. The van der Waals surface area contributed by atoms with Crippen molar-refractivity contribution in [3.63, 3.8) is 0 Å². The predicted molar refractivity (Wildman–Crippen MR) is 258 cm³/mol. The van der Waals surface area contributed by atoms with Gasteiger partial charge in [-0.2, -0.15) is 5.26 Å². The number of hydrogen-bond acceptors (Lipinski definition) is 5. The third-order valence-corrected chi connectivity index (χ3v) is 12.7. The van der Waals surface area contributed by atoms with Gasteiger partial charge in [0.15, 0.2) is 28.8 Å². The van der Waals surface area contributed by atoms with Crippen molar-refractivity contribution in [2.24, 2.45) is 0 Å². The van der Waals surface area contributed by atoms with Crippen LogP contribution in [0.3, 0.4) is 0 Å². The highest BCUT2D eigenvalue weighted by Crippen LogP contribution is 2.62. The zero-order chi connectivity index (χ0) is 43.3. The molecule has 10 aromatic rings. The van der Waals surface area contributed by atoms with E-state index in [9.17, 15) is 5.26 Å². The number of benzene rings is 9. The normalized spacial score (nSPS) is 12.7. The molecule has 1 aromatic heterocycles. The predicted octanol–water partition coefficient (Wildman–Crippen LogP) is 14.9. The molecule has 1 aliphatic carbocycles. The van der Waals surface area contributed by atoms with E-state index in [1.54, 1.807) is 0 Å². The summed E-state index contributed by atoms with van der Waals surface area (Å²) in [6.45, 7) is 0. The molecule has 0 saturated carbocycles. The zero-order valence-corrected chi connectivity index (χ0v) is 35.0. The molecule has 0 fully saturated rings. The summed E-state index contributed by atoms with van der Waals surface area (Å²) in [5.74, 6) is 3.33. The number of aromatic nitrogens is 2. The Balaban J connectivity index is 0.939. The molecule has 0 radical (unpaired) electrons. The summed E-state index contributed by atoms with van der Waals surface area (Å²) in [5, 5.41) is 9.55. The number of rotatable bonds is 7. The van der Waals surface area contributed by atoms with Gasteiger partial charge >= 0.3 is 0 Å². The van der Waals surface area contributed by atoms with Crippen molar-refractivity contribution < 1.29 is 9.47 Å². The van der Waals surface area contributed by atoms with E-state index in [0.29, 0.717) is 34.4 Å². The molecule has 0 N–H and O–H groups in total. The summed E-state index contributed by atoms with van der Waals surface area (Å²) in [7, 11) is 0. The second kappa shape index (κ2) is 15.5. The maximum atomic E-state index is 9.55. The first kappa shape index (κ1) is 37.9. The van der Waals surface area contributed by atoms with Gasteiger partial charge in [0.1, 0.15) is 0 Å². The lowest BCUT2D eigenvalue weighted by atomic mass is 9.68. The molecule has 12 rings (SSSR count). The van der Waals surface area contributed by atoms with E-state index in [0.717, 1.165) is 67.0 Å². The molecule has 5 heteroatoms. The number of fused-ring (bicyclic) bond motifs is 6. The maximum absolute atomic E-state index is 9.55. The van der Waals surface area contributed by atoms with Gasteiger partial charge in [-0.05, 0) is 80.9 Å². The minimum Gasteiger partial charge on any atom is -0.449 e. The molecule has 0 spiro atoms. The highest BCUT2D eigenvalue weighted by Gasteiger charge is 2.48. The van der Waals surface area contributed by atoms with E-state index in [2.05, 4.69) is 164 Å². The van der Waals surface area contributed by atoms with Gasteiger partial charge in [-0.25, -0.2) is 9.97 Å². The van der Waals surface area contributed by atoms with Crippen LogP contribution >= 0.6 is 0 Å². The van der Waals surface area contributed by atoms with E-state index in [4.69, 9.17) is 19.4 Å². The van der Waals surface area contributed by atoms with Crippen molar-refractivity contribution in [2.75, 3.05) is 0 Å². The number of para-hydroxylation sites is 1. The number of nitriles is 1. The second-order valence-corrected chi connectivity index (χ2v) is 16.4. The first-order chi connectivity index (χ1) is 32.2. The van der Waals surface area contributed by atoms with E-state index in [-0.39, 0.29) is 0 Å². The molecular weight excluding hydrogens is 795 g/mol. The van der Waals surface area contributed by atoms with Crippen LogP contribution in [0.5, 0.6) is 23.0 Å². The minimum absolute atomic E-state index is 0.561. The summed E-state index contributed by atoms with van der Waals surface area (Å²) < 4.78 is 13.9. The monoisotopic (exact) mass is 831 g/mol. The lowest BCUT2D eigenvalue weighted by Crippen LogP contribution is -2.28. The third-order valence-electron chi connectivity index (χ3n) is 12.7. The molecule has 5 nitrogen and oxygen atoms in total. The van der Waals surface area contributed by atoms with Gasteiger partial charge in [-0.1, -0.05) is 188 Å². The fraction of sp³-hybridized carbons (Fsp3) is 0.0167. The van der Waals surface area contributed by atoms with E-state index >= 15 is 0 Å². The molecule has 0 amide bonds. The Morgan fingerprint density at radius 1 is 0.385 bits per heavy atom. The Hall–Kier alpha value is -8.85. The molecule has 2 aliphatic rings. The van der Waals surface area contributed by atoms with Crippen LogP contribution in [0, 0.1) is 11.3 Å². The van der Waals surface area contributed by atoms with Crippen molar-refractivity contribution in [1.82, 2.24) is 9.97 Å². The Morgan fingerprint density at radius 2 is 0.954 bits per heavy atom. The van der Waals surface area contributed by atoms with Crippen LogP contribution in [0.1, 0.15) is 27.8 Å². The number of nitrogens with zero attached hydrogens (tertiary/aromatic N) is 3. The molecule has 0 saturated heterocycles. The van der Waals surface area contributed by atoms with Crippen molar-refractivity contribution in [2.45, 2.75) is 5.41 Å². The largest absolute Gasteiger partial charge is 0.449 e. The quantitative estimate of drug-likeness (QED) is 0.160. The van der Waals surface area contributed by atoms with Crippen LogP contribution in [-0.2, 0) is 5.41 Å². The second-order valence-electron chi connectivity index (χ2n) is 16.4. The van der Waals surface area contributed by atoms with Gasteiger partial charge in [0.05, 0.1) is 28.4 Å². The first-order valence-electron chi connectivity index (χ1n) is 21.7. The molecule has 1 aliphatic heterocycles. The van der Waals surface area contributed by atoms with Crippen LogP contribution in [-0.4, -0.2) is 9.97 Å². The highest BCUT2D eigenvalue weighted by molar-refractivity contribution is 5.92. The van der Waals surface area contributed by atoms with Crippen LogP contribution in [0.25, 0.3) is 67.3 Å². The topological polar surface area (TPSA) is 68.0 Å². The summed E-state index contributed by atoms with van der Waals surface area (Å²) in [4.78, 5) is 10.3. The van der Waals surface area contributed by atoms with Gasteiger partial charge in [-0.3, -0.25) is 0 Å². The van der Waals surface area contributed by atoms with E-state index in [1.165, 1.54) is 16.7 Å². The average Bonchev–Trinajstić information content (AvgIpc) is 3.70. The Morgan fingerprint density at radius 3 is 1.69 bits per heavy atom. The summed E-state index contributed by atoms with van der Waals surface area (Å²) in [6.07, 6.45) is 0. The lowest BCUT2D eigenvalue weighted by molar-refractivity contribution is 0.361. The van der Waals surface area contributed by atoms with Crippen LogP contribution in [0.15, 0.2) is 224 Å². The molecule has 0 bridgehead atoms. The number of hydrogen-bond donors (Lipinski definition) is 0. The first-order valence-corrected chi connectivity index (χ1v) is 21.7. The number of ether oxygens (including phenoxy) is 2. The van der Waals surface area contributed by atoms with E-state index in [1.807, 2.05) is 66.7 Å². The molecule has 2 heterocycles. The van der Waals surface area contributed by atoms with Crippen LogP contribution in [0.4, 0.5) is 0 Å². The van der Waals surface area contributed by atoms with Crippen molar-refractivity contribution >= 4 is 0 Å². The Kier molecular flexibility index (Phi) is 9.03. The van der Waals surface area contributed by atoms with Crippen LogP contribution in [0.2, 0.25) is 0 Å². The molecule has 9 aromatic carbocycles. The fourth-order valence-corrected chi connectivity index (χ4v) is 9.72. The third kappa shape index (κ3) is 6.31. The SMILES string of the molecule is N#Cc1cccc(-c2cccc(-c3cc(-c4ccccc4)nc(-c4ccc(-c5cccc6c5Oc5c(ccc7c5-c5ccccc5C7(c5ccccc5)c5ccccc5)O6)cc4)n3)c2)c1. The molecular formula is C60H37N3O2. The average molecular weight is 832 g/mol. The Bertz CT molecular complexity index is 3450. The van der Waals surface area contributed by atoms with Crippen molar-refractivity contribution in [3.05, 3.63) is 252 Å². The van der Waals surface area contributed by atoms with Gasteiger partial charge < -0.3 is 9.47 Å². The molecule has 304 valence electrons. The molecule has 65 heavy (non-hydrogen) atoms. The van der Waals surface area contributed by atoms with Gasteiger partial charge in [0.2, 0.25) is 0 Å². The lowest BCUT2D eigenvalue weighted by Gasteiger charge is -2.34. The molecule has 0 unspecified atom stereocenters. The van der Waals surface area contributed by atoms with Gasteiger partial charge in [0, 0.05) is 27.8 Å². The van der Waals surface area contributed by atoms with Crippen molar-refractivity contribution in [1.29, 1.82) is 5.26 Å². The van der Waals surface area contributed by atoms with E-state index < -0.39 is 5.41 Å². The fourth-order valence-electron chi connectivity index (χ4n) is 9.72. The minimum atomic E-state index is -0.561.